The Kier molecular flexibility index (Phi) is 4.49. The third-order valence-corrected chi connectivity index (χ3v) is 4.24. The molecule has 1 fully saturated rings. The molecule has 6 nitrogen and oxygen atoms in total. The minimum Gasteiger partial charge on any atom is -0.444 e. The lowest BCUT2D eigenvalue weighted by Gasteiger charge is -2.39. The Morgan fingerprint density at radius 2 is 2.12 bits per heavy atom. The molecule has 2 aromatic rings. The van der Waals surface area contributed by atoms with Crippen LogP contribution in [-0.2, 0) is 16.7 Å². The van der Waals surface area contributed by atoms with E-state index in [1.54, 1.807) is 26.8 Å². The molecule has 0 unspecified atom stereocenters. The molecule has 25 heavy (non-hydrogen) atoms. The van der Waals surface area contributed by atoms with Crippen LogP contribution in [0.1, 0.15) is 57.4 Å². The maximum Gasteiger partial charge on any atom is 0.408 e. The van der Waals surface area contributed by atoms with E-state index in [1.807, 2.05) is 6.07 Å². The Balaban J connectivity index is 1.71. The van der Waals surface area contributed by atoms with Crippen molar-refractivity contribution in [2.45, 2.75) is 57.6 Å². The van der Waals surface area contributed by atoms with Crippen molar-refractivity contribution in [3.05, 3.63) is 47.4 Å². The van der Waals surface area contributed by atoms with Crippen molar-refractivity contribution in [3.63, 3.8) is 0 Å². The zero-order chi connectivity index (χ0) is 18.1. The fourth-order valence-corrected chi connectivity index (χ4v) is 2.92. The summed E-state index contributed by atoms with van der Waals surface area (Å²) in [7, 11) is 0. The minimum atomic E-state index is -0.572. The molecule has 1 aromatic carbocycles. The van der Waals surface area contributed by atoms with Gasteiger partial charge in [-0.1, -0.05) is 18.6 Å². The third-order valence-electron chi connectivity index (χ3n) is 4.24. The Labute approximate surface area is 145 Å². The van der Waals surface area contributed by atoms with Gasteiger partial charge in [-0.25, -0.2) is 9.18 Å². The summed E-state index contributed by atoms with van der Waals surface area (Å²) in [5.41, 5.74) is -0.162. The number of hydrogen-bond acceptors (Lipinski definition) is 5. The Morgan fingerprint density at radius 1 is 1.36 bits per heavy atom. The van der Waals surface area contributed by atoms with Gasteiger partial charge in [0.05, 0.1) is 12.0 Å². The van der Waals surface area contributed by atoms with Gasteiger partial charge >= 0.3 is 6.09 Å². The standard InChI is InChI=1S/C18H22FN3O3/c1-17(2,3)25-16(23)20-11-14-21-22-15(24-14)18(8-5-9-18)12-6-4-7-13(19)10-12/h4,6-7,10H,5,8-9,11H2,1-3H3,(H,20,23). The molecule has 1 N–H and O–H groups in total. The van der Waals surface area contributed by atoms with Crippen LogP contribution < -0.4 is 5.32 Å². The van der Waals surface area contributed by atoms with Gasteiger partial charge in [0.2, 0.25) is 11.8 Å². The molecular weight excluding hydrogens is 325 g/mol. The molecule has 0 aliphatic heterocycles. The van der Waals surface area contributed by atoms with E-state index in [1.165, 1.54) is 12.1 Å². The molecule has 0 saturated heterocycles. The number of amides is 1. The summed E-state index contributed by atoms with van der Waals surface area (Å²) in [5, 5.41) is 10.7. The summed E-state index contributed by atoms with van der Waals surface area (Å²) in [6.07, 6.45) is 2.13. The Hall–Kier alpha value is -2.44. The lowest BCUT2D eigenvalue weighted by atomic mass is 9.64. The normalized spacial score (nSPS) is 16.2. The second-order valence-corrected chi connectivity index (χ2v) is 7.30. The predicted octanol–water partition coefficient (Wildman–Crippen LogP) is 3.70. The number of halogens is 1. The molecule has 0 spiro atoms. The smallest absolute Gasteiger partial charge is 0.408 e. The summed E-state index contributed by atoms with van der Waals surface area (Å²) in [6.45, 7) is 5.45. The molecule has 134 valence electrons. The van der Waals surface area contributed by atoms with Crippen molar-refractivity contribution in [1.29, 1.82) is 0 Å². The zero-order valence-electron chi connectivity index (χ0n) is 14.6. The number of carbonyl (C=O) groups is 1. The van der Waals surface area contributed by atoms with Gasteiger partial charge in [-0.05, 0) is 51.3 Å². The van der Waals surface area contributed by atoms with Crippen LogP contribution in [0.3, 0.4) is 0 Å². The highest BCUT2D eigenvalue weighted by molar-refractivity contribution is 5.67. The number of rotatable bonds is 4. The number of aromatic nitrogens is 2. The number of nitrogens with zero attached hydrogens (tertiary/aromatic N) is 2. The molecule has 0 atom stereocenters. The predicted molar refractivity (Wildman–Crippen MR) is 88.4 cm³/mol. The monoisotopic (exact) mass is 347 g/mol. The van der Waals surface area contributed by atoms with Crippen LogP contribution in [0.4, 0.5) is 9.18 Å². The molecule has 1 aliphatic rings. The maximum absolute atomic E-state index is 13.6. The van der Waals surface area contributed by atoms with Crippen molar-refractivity contribution >= 4 is 6.09 Å². The van der Waals surface area contributed by atoms with Crippen LogP contribution in [0.25, 0.3) is 0 Å². The van der Waals surface area contributed by atoms with Crippen molar-refractivity contribution in [2.75, 3.05) is 0 Å². The second-order valence-electron chi connectivity index (χ2n) is 7.30. The Bertz CT molecular complexity index is 763. The topological polar surface area (TPSA) is 77.2 Å². The largest absolute Gasteiger partial charge is 0.444 e. The summed E-state index contributed by atoms with van der Waals surface area (Å²) >= 11 is 0. The van der Waals surface area contributed by atoms with E-state index in [0.717, 1.165) is 24.8 Å². The molecule has 0 radical (unpaired) electrons. The first-order valence-corrected chi connectivity index (χ1v) is 8.34. The SMILES string of the molecule is CC(C)(C)OC(=O)NCc1nnc(C2(c3cccc(F)c3)CCC2)o1. The van der Waals surface area contributed by atoms with Gasteiger partial charge in [0, 0.05) is 0 Å². The molecule has 1 heterocycles. The van der Waals surface area contributed by atoms with Gasteiger partial charge in [-0.15, -0.1) is 10.2 Å². The number of carbonyl (C=O) groups excluding carboxylic acids is 1. The van der Waals surface area contributed by atoms with Crippen LogP contribution in [0.5, 0.6) is 0 Å². The lowest BCUT2D eigenvalue weighted by molar-refractivity contribution is 0.0518. The molecule has 1 saturated carbocycles. The first-order chi connectivity index (χ1) is 11.8. The highest BCUT2D eigenvalue weighted by Gasteiger charge is 2.45. The minimum absolute atomic E-state index is 0.0845. The molecule has 1 amide bonds. The molecule has 3 rings (SSSR count). The van der Waals surface area contributed by atoms with Crippen LogP contribution in [0.15, 0.2) is 28.7 Å². The van der Waals surface area contributed by atoms with Crippen molar-refractivity contribution < 1.29 is 18.3 Å². The average molecular weight is 347 g/mol. The molecule has 1 aromatic heterocycles. The van der Waals surface area contributed by atoms with Gasteiger partial charge in [0.1, 0.15) is 11.4 Å². The van der Waals surface area contributed by atoms with Gasteiger partial charge in [0.15, 0.2) is 0 Å². The fourth-order valence-electron chi connectivity index (χ4n) is 2.92. The second kappa shape index (κ2) is 6.46. The number of benzene rings is 1. The van der Waals surface area contributed by atoms with E-state index in [0.29, 0.717) is 11.8 Å². The number of nitrogens with one attached hydrogen (secondary N) is 1. The van der Waals surface area contributed by atoms with E-state index in [2.05, 4.69) is 15.5 Å². The molecule has 0 bridgehead atoms. The molecule has 7 heteroatoms. The van der Waals surface area contributed by atoms with Gasteiger partial charge < -0.3 is 14.5 Å². The van der Waals surface area contributed by atoms with E-state index in [-0.39, 0.29) is 12.4 Å². The van der Waals surface area contributed by atoms with Gasteiger partial charge in [0.25, 0.3) is 0 Å². The molecule has 1 aliphatic carbocycles. The van der Waals surface area contributed by atoms with E-state index < -0.39 is 17.1 Å². The zero-order valence-corrected chi connectivity index (χ0v) is 14.6. The quantitative estimate of drug-likeness (QED) is 0.912. The summed E-state index contributed by atoms with van der Waals surface area (Å²) in [6, 6.07) is 6.50. The highest BCUT2D eigenvalue weighted by Crippen LogP contribution is 2.48. The van der Waals surface area contributed by atoms with Crippen molar-refractivity contribution in [1.82, 2.24) is 15.5 Å². The average Bonchev–Trinajstić information content (AvgIpc) is 2.91. The van der Waals surface area contributed by atoms with Crippen molar-refractivity contribution in [2.24, 2.45) is 0 Å². The van der Waals surface area contributed by atoms with Crippen LogP contribution in [0, 0.1) is 5.82 Å². The fraction of sp³-hybridized carbons (Fsp3) is 0.500. The van der Waals surface area contributed by atoms with Gasteiger partial charge in [-0.2, -0.15) is 0 Å². The number of alkyl carbamates (subject to hydrolysis) is 1. The van der Waals surface area contributed by atoms with E-state index in [9.17, 15) is 9.18 Å². The Morgan fingerprint density at radius 3 is 2.72 bits per heavy atom. The van der Waals surface area contributed by atoms with Gasteiger partial charge in [-0.3, -0.25) is 0 Å². The third kappa shape index (κ3) is 3.81. The van der Waals surface area contributed by atoms with E-state index >= 15 is 0 Å². The van der Waals surface area contributed by atoms with Crippen LogP contribution in [0.2, 0.25) is 0 Å². The maximum atomic E-state index is 13.6. The highest BCUT2D eigenvalue weighted by atomic mass is 19.1. The lowest BCUT2D eigenvalue weighted by Crippen LogP contribution is -2.36. The first-order valence-electron chi connectivity index (χ1n) is 8.34. The number of hydrogen-bond donors (Lipinski definition) is 1. The number of ether oxygens (including phenoxy) is 1. The van der Waals surface area contributed by atoms with Crippen LogP contribution >= 0.6 is 0 Å². The molecular formula is C18H22FN3O3. The summed E-state index contributed by atoms with van der Waals surface area (Å²) in [5.74, 6) is 0.476. The summed E-state index contributed by atoms with van der Waals surface area (Å²) in [4.78, 5) is 11.7. The van der Waals surface area contributed by atoms with E-state index in [4.69, 9.17) is 9.15 Å². The van der Waals surface area contributed by atoms with Crippen molar-refractivity contribution in [3.8, 4) is 0 Å². The first kappa shape index (κ1) is 17.4. The van der Waals surface area contributed by atoms with Crippen LogP contribution in [-0.4, -0.2) is 21.9 Å². The summed E-state index contributed by atoms with van der Waals surface area (Å²) < 4.78 is 24.5.